The highest BCUT2D eigenvalue weighted by molar-refractivity contribution is 5.94. The predicted octanol–water partition coefficient (Wildman–Crippen LogP) is 1.23. The van der Waals surface area contributed by atoms with E-state index in [1.165, 1.54) is 0 Å². The lowest BCUT2D eigenvalue weighted by Crippen LogP contribution is -2.37. The molecule has 0 spiro atoms. The van der Waals surface area contributed by atoms with Crippen molar-refractivity contribution in [2.75, 3.05) is 60.6 Å². The van der Waals surface area contributed by atoms with E-state index in [9.17, 15) is 4.79 Å². The zero-order valence-corrected chi connectivity index (χ0v) is 18.6. The molecule has 1 heterocycles. The second kappa shape index (κ2) is 14.0. The number of ether oxygens (including phenoxy) is 2. The van der Waals surface area contributed by atoms with E-state index in [1.54, 1.807) is 7.05 Å². The smallest absolute Gasteiger partial charge is 0.251 e. The molecule has 1 saturated heterocycles. The molecular formula is C22H37N5O3. The number of carbonyl (C=O) groups excluding carboxylic acids is 1. The molecule has 1 aliphatic rings. The van der Waals surface area contributed by atoms with Gasteiger partial charge in [0.1, 0.15) is 0 Å². The van der Waals surface area contributed by atoms with E-state index in [2.05, 4.69) is 20.9 Å². The van der Waals surface area contributed by atoms with Crippen LogP contribution in [0.5, 0.6) is 0 Å². The largest absolute Gasteiger partial charge is 0.379 e. The molecule has 0 aliphatic carbocycles. The first kappa shape index (κ1) is 24.1. The first-order valence-electron chi connectivity index (χ1n) is 10.7. The van der Waals surface area contributed by atoms with Crippen LogP contribution in [0.3, 0.4) is 0 Å². The molecule has 1 fully saturated rings. The fourth-order valence-electron chi connectivity index (χ4n) is 3.10. The average molecular weight is 420 g/mol. The monoisotopic (exact) mass is 419 g/mol. The van der Waals surface area contributed by atoms with E-state index in [-0.39, 0.29) is 12.0 Å². The Morgan fingerprint density at radius 2 is 2.13 bits per heavy atom. The molecule has 0 aromatic heterocycles. The van der Waals surface area contributed by atoms with Gasteiger partial charge in [0.25, 0.3) is 5.91 Å². The SMILES string of the molecule is CN=C(NCCCOCC1CCCO1)NCc1cccc(C(=O)NCCN(C)C)c1. The summed E-state index contributed by atoms with van der Waals surface area (Å²) in [6, 6.07) is 7.64. The fraction of sp³-hybridized carbons (Fsp3) is 0.636. The molecule has 3 N–H and O–H groups in total. The van der Waals surface area contributed by atoms with Crippen LogP contribution in [0.15, 0.2) is 29.3 Å². The van der Waals surface area contributed by atoms with Crippen LogP contribution in [-0.2, 0) is 16.0 Å². The molecule has 0 saturated carbocycles. The van der Waals surface area contributed by atoms with Gasteiger partial charge in [-0.15, -0.1) is 0 Å². The third kappa shape index (κ3) is 9.56. The zero-order chi connectivity index (χ0) is 21.6. The number of hydrogen-bond donors (Lipinski definition) is 3. The minimum absolute atomic E-state index is 0.0517. The molecule has 1 aromatic rings. The maximum absolute atomic E-state index is 12.3. The summed E-state index contributed by atoms with van der Waals surface area (Å²) in [4.78, 5) is 18.6. The molecule has 8 heteroatoms. The van der Waals surface area contributed by atoms with Gasteiger partial charge >= 0.3 is 0 Å². The highest BCUT2D eigenvalue weighted by Crippen LogP contribution is 2.11. The second-order valence-electron chi connectivity index (χ2n) is 7.68. The van der Waals surface area contributed by atoms with E-state index in [0.717, 1.165) is 50.5 Å². The molecular weight excluding hydrogens is 382 g/mol. The minimum atomic E-state index is -0.0517. The molecule has 8 nitrogen and oxygen atoms in total. The quantitative estimate of drug-likeness (QED) is 0.268. The Balaban J connectivity index is 1.64. The number of amides is 1. The molecule has 1 unspecified atom stereocenters. The Morgan fingerprint density at radius 1 is 1.27 bits per heavy atom. The van der Waals surface area contributed by atoms with E-state index < -0.39 is 0 Å². The second-order valence-corrected chi connectivity index (χ2v) is 7.68. The molecule has 1 aromatic carbocycles. The molecule has 168 valence electrons. The predicted molar refractivity (Wildman–Crippen MR) is 120 cm³/mol. The van der Waals surface area contributed by atoms with Gasteiger partial charge in [-0.1, -0.05) is 12.1 Å². The first-order chi connectivity index (χ1) is 14.6. The van der Waals surface area contributed by atoms with Gasteiger partial charge in [0.05, 0.1) is 12.7 Å². The van der Waals surface area contributed by atoms with Crippen molar-refractivity contribution in [3.63, 3.8) is 0 Å². The number of guanidine groups is 1. The summed E-state index contributed by atoms with van der Waals surface area (Å²) in [6.45, 7) is 5.06. The van der Waals surface area contributed by atoms with Crippen molar-refractivity contribution in [3.8, 4) is 0 Å². The van der Waals surface area contributed by atoms with Gasteiger partial charge in [-0.25, -0.2) is 0 Å². The summed E-state index contributed by atoms with van der Waals surface area (Å²) in [7, 11) is 5.72. The number of aliphatic imine (C=N–C) groups is 1. The minimum Gasteiger partial charge on any atom is -0.379 e. The van der Waals surface area contributed by atoms with Crippen molar-refractivity contribution >= 4 is 11.9 Å². The van der Waals surface area contributed by atoms with Crippen molar-refractivity contribution in [2.24, 2.45) is 4.99 Å². The van der Waals surface area contributed by atoms with E-state index >= 15 is 0 Å². The molecule has 30 heavy (non-hydrogen) atoms. The Hall–Kier alpha value is -2.16. The molecule has 1 atom stereocenters. The van der Waals surface area contributed by atoms with Gasteiger partial charge in [0, 0.05) is 52.0 Å². The van der Waals surface area contributed by atoms with Crippen LogP contribution in [0, 0.1) is 0 Å². The van der Waals surface area contributed by atoms with Gasteiger partial charge in [-0.3, -0.25) is 9.79 Å². The summed E-state index contributed by atoms with van der Waals surface area (Å²) < 4.78 is 11.2. The van der Waals surface area contributed by atoms with Crippen molar-refractivity contribution in [1.29, 1.82) is 0 Å². The van der Waals surface area contributed by atoms with Gasteiger partial charge in [-0.2, -0.15) is 0 Å². The Kier molecular flexibility index (Phi) is 11.2. The molecule has 0 bridgehead atoms. The summed E-state index contributed by atoms with van der Waals surface area (Å²) in [5.41, 5.74) is 1.69. The summed E-state index contributed by atoms with van der Waals surface area (Å²) in [5, 5.41) is 9.51. The third-order valence-electron chi connectivity index (χ3n) is 4.80. The number of nitrogens with zero attached hydrogens (tertiary/aromatic N) is 2. The molecule has 0 radical (unpaired) electrons. The molecule has 1 aliphatic heterocycles. The Labute approximate surface area is 180 Å². The molecule has 2 rings (SSSR count). The van der Waals surface area contributed by atoms with Gasteiger partial charge in [0.2, 0.25) is 0 Å². The van der Waals surface area contributed by atoms with Crippen LogP contribution >= 0.6 is 0 Å². The van der Waals surface area contributed by atoms with Crippen LogP contribution in [0.25, 0.3) is 0 Å². The first-order valence-corrected chi connectivity index (χ1v) is 10.7. The van der Waals surface area contributed by atoms with Crippen molar-refractivity contribution < 1.29 is 14.3 Å². The maximum Gasteiger partial charge on any atom is 0.251 e. The zero-order valence-electron chi connectivity index (χ0n) is 18.6. The lowest BCUT2D eigenvalue weighted by Gasteiger charge is -2.14. The van der Waals surface area contributed by atoms with Crippen LogP contribution in [0.2, 0.25) is 0 Å². The standard InChI is InChI=1S/C22H37N5O3/c1-23-22(25-10-6-13-29-17-20-9-5-14-30-20)26-16-18-7-4-8-19(15-18)21(28)24-11-12-27(2)3/h4,7-8,15,20H,5-6,9-14,16-17H2,1-3H3,(H,24,28)(H2,23,25,26). The molecule has 1 amide bonds. The van der Waals surface area contributed by atoms with E-state index in [0.29, 0.717) is 31.9 Å². The van der Waals surface area contributed by atoms with Crippen molar-refractivity contribution in [2.45, 2.75) is 31.9 Å². The van der Waals surface area contributed by atoms with E-state index in [1.807, 2.05) is 43.3 Å². The van der Waals surface area contributed by atoms with Gasteiger partial charge < -0.3 is 30.3 Å². The van der Waals surface area contributed by atoms with Crippen LogP contribution in [-0.4, -0.2) is 83.5 Å². The number of benzene rings is 1. The Morgan fingerprint density at radius 3 is 2.87 bits per heavy atom. The van der Waals surface area contributed by atoms with E-state index in [4.69, 9.17) is 9.47 Å². The number of carbonyl (C=O) groups is 1. The fourth-order valence-corrected chi connectivity index (χ4v) is 3.10. The summed E-state index contributed by atoms with van der Waals surface area (Å²) >= 11 is 0. The highest BCUT2D eigenvalue weighted by atomic mass is 16.5. The normalized spacial score (nSPS) is 16.7. The topological polar surface area (TPSA) is 87.2 Å². The van der Waals surface area contributed by atoms with Crippen LogP contribution < -0.4 is 16.0 Å². The lowest BCUT2D eigenvalue weighted by molar-refractivity contribution is 0.0168. The average Bonchev–Trinajstić information content (AvgIpc) is 3.26. The number of rotatable bonds is 12. The Bertz CT molecular complexity index is 660. The van der Waals surface area contributed by atoms with Crippen molar-refractivity contribution in [1.82, 2.24) is 20.9 Å². The maximum atomic E-state index is 12.3. The number of hydrogen-bond acceptors (Lipinski definition) is 5. The highest BCUT2D eigenvalue weighted by Gasteiger charge is 2.14. The summed E-state index contributed by atoms with van der Waals surface area (Å²) in [5.74, 6) is 0.680. The lowest BCUT2D eigenvalue weighted by atomic mass is 10.1. The summed E-state index contributed by atoms with van der Waals surface area (Å²) in [6.07, 6.45) is 3.42. The number of likely N-dealkylation sites (N-methyl/N-ethyl adjacent to an activating group) is 1. The number of nitrogens with one attached hydrogen (secondary N) is 3. The van der Waals surface area contributed by atoms with Crippen molar-refractivity contribution in [3.05, 3.63) is 35.4 Å². The van der Waals surface area contributed by atoms with Crippen LogP contribution in [0.1, 0.15) is 35.2 Å². The van der Waals surface area contributed by atoms with Gasteiger partial charge in [0.15, 0.2) is 5.96 Å². The van der Waals surface area contributed by atoms with Gasteiger partial charge in [-0.05, 0) is 51.1 Å². The third-order valence-corrected chi connectivity index (χ3v) is 4.80. The van der Waals surface area contributed by atoms with Crippen LogP contribution in [0.4, 0.5) is 0 Å².